The standard InChI is InChI=1S/C17H16N2O6S/c1-25-13-8-5-9-14(10-13)26(23,24)18-11-15(16(20)21)19(17(18)22)12-6-3-2-4-7-12/h2-10,15H,11H2,1H3,(H,20,21). The van der Waals surface area contributed by atoms with Gasteiger partial charge in [0.2, 0.25) is 0 Å². The van der Waals surface area contributed by atoms with E-state index in [0.717, 1.165) is 4.90 Å². The minimum absolute atomic E-state index is 0.149. The first-order valence-electron chi connectivity index (χ1n) is 7.64. The number of rotatable bonds is 5. The summed E-state index contributed by atoms with van der Waals surface area (Å²) in [5.41, 5.74) is 0.313. The Morgan fingerprint density at radius 2 is 1.85 bits per heavy atom. The lowest BCUT2D eigenvalue weighted by molar-refractivity contribution is -0.138. The first kappa shape index (κ1) is 17.7. The number of methoxy groups -OCH3 is 1. The number of aliphatic carboxylic acids is 1. The molecule has 0 bridgehead atoms. The Morgan fingerprint density at radius 3 is 2.46 bits per heavy atom. The first-order chi connectivity index (χ1) is 12.4. The molecule has 1 saturated heterocycles. The summed E-state index contributed by atoms with van der Waals surface area (Å²) < 4.78 is 31.4. The fourth-order valence-corrected chi connectivity index (χ4v) is 4.13. The maximum absolute atomic E-state index is 12.9. The Hall–Kier alpha value is -3.07. The highest BCUT2D eigenvalue weighted by Crippen LogP contribution is 2.30. The zero-order valence-electron chi connectivity index (χ0n) is 13.8. The number of benzene rings is 2. The number of carboxylic acids is 1. The molecule has 2 amide bonds. The summed E-state index contributed by atoms with van der Waals surface area (Å²) in [6, 6.07) is 11.5. The van der Waals surface area contributed by atoms with Crippen LogP contribution in [0.2, 0.25) is 0 Å². The van der Waals surface area contributed by atoms with Crippen molar-refractivity contribution in [1.29, 1.82) is 0 Å². The number of carbonyl (C=O) groups is 2. The molecule has 1 heterocycles. The van der Waals surface area contributed by atoms with E-state index in [2.05, 4.69) is 0 Å². The number of nitrogens with zero attached hydrogens (tertiary/aromatic N) is 2. The van der Waals surface area contributed by atoms with E-state index >= 15 is 0 Å². The topological polar surface area (TPSA) is 104 Å². The number of sulfonamides is 1. The van der Waals surface area contributed by atoms with Crippen molar-refractivity contribution >= 4 is 27.7 Å². The van der Waals surface area contributed by atoms with Crippen molar-refractivity contribution in [2.75, 3.05) is 18.6 Å². The highest BCUT2D eigenvalue weighted by molar-refractivity contribution is 7.89. The van der Waals surface area contributed by atoms with Gasteiger partial charge in [0.05, 0.1) is 18.6 Å². The smallest absolute Gasteiger partial charge is 0.339 e. The highest BCUT2D eigenvalue weighted by Gasteiger charge is 2.47. The van der Waals surface area contributed by atoms with E-state index in [4.69, 9.17) is 4.74 Å². The maximum Gasteiger partial charge on any atom is 0.339 e. The maximum atomic E-state index is 12.9. The number of ether oxygens (including phenoxy) is 1. The summed E-state index contributed by atoms with van der Waals surface area (Å²) in [5.74, 6) is -0.974. The lowest BCUT2D eigenvalue weighted by atomic mass is 10.2. The van der Waals surface area contributed by atoms with Crippen molar-refractivity contribution < 1.29 is 27.9 Å². The molecule has 136 valence electrons. The Balaban J connectivity index is 2.03. The molecule has 1 unspecified atom stereocenters. The van der Waals surface area contributed by atoms with Crippen molar-refractivity contribution in [3.8, 4) is 5.75 Å². The van der Waals surface area contributed by atoms with Gasteiger partial charge in [0.1, 0.15) is 5.75 Å². The molecule has 26 heavy (non-hydrogen) atoms. The average Bonchev–Trinajstić information content (AvgIpc) is 3.00. The van der Waals surface area contributed by atoms with Crippen LogP contribution in [0.1, 0.15) is 0 Å². The third kappa shape index (κ3) is 2.97. The molecule has 3 rings (SSSR count). The molecule has 1 aliphatic rings. The van der Waals surface area contributed by atoms with Gasteiger partial charge >= 0.3 is 12.0 Å². The molecule has 1 fully saturated rings. The second-order valence-corrected chi connectivity index (χ2v) is 7.42. The normalized spacial score (nSPS) is 17.4. The number of carboxylic acid groups (broad SMARTS) is 1. The molecular weight excluding hydrogens is 360 g/mol. The molecule has 0 radical (unpaired) electrons. The minimum atomic E-state index is -4.23. The third-order valence-corrected chi connectivity index (χ3v) is 5.75. The number of hydrogen-bond acceptors (Lipinski definition) is 5. The van der Waals surface area contributed by atoms with Gasteiger partial charge in [-0.2, -0.15) is 0 Å². The SMILES string of the molecule is COc1cccc(S(=O)(=O)N2CC(C(=O)O)N(c3ccccc3)C2=O)c1. The average molecular weight is 376 g/mol. The zero-order chi connectivity index (χ0) is 18.9. The molecule has 1 atom stereocenters. The number of hydrogen-bond donors (Lipinski definition) is 1. The molecule has 1 N–H and O–H groups in total. The van der Waals surface area contributed by atoms with E-state index in [1.54, 1.807) is 36.4 Å². The fourth-order valence-electron chi connectivity index (χ4n) is 2.73. The van der Waals surface area contributed by atoms with Crippen LogP contribution in [0.5, 0.6) is 5.75 Å². The van der Waals surface area contributed by atoms with E-state index < -0.39 is 34.6 Å². The number of urea groups is 1. The molecular formula is C17H16N2O6S. The summed E-state index contributed by atoms with van der Waals surface area (Å²) >= 11 is 0. The lowest BCUT2D eigenvalue weighted by Gasteiger charge is -2.20. The van der Waals surface area contributed by atoms with Crippen LogP contribution in [-0.4, -0.2) is 49.5 Å². The number of carbonyl (C=O) groups excluding carboxylic acids is 1. The van der Waals surface area contributed by atoms with Crippen LogP contribution in [-0.2, 0) is 14.8 Å². The van der Waals surface area contributed by atoms with E-state index in [0.29, 0.717) is 15.7 Å². The second-order valence-electron chi connectivity index (χ2n) is 5.56. The van der Waals surface area contributed by atoms with Crippen molar-refractivity contribution in [2.24, 2.45) is 0 Å². The van der Waals surface area contributed by atoms with Gasteiger partial charge in [0, 0.05) is 11.8 Å². The molecule has 0 aliphatic carbocycles. The molecule has 9 heteroatoms. The van der Waals surface area contributed by atoms with Gasteiger partial charge in [0.25, 0.3) is 10.0 Å². The number of anilines is 1. The van der Waals surface area contributed by atoms with Crippen LogP contribution in [0.3, 0.4) is 0 Å². The summed E-state index contributed by atoms with van der Waals surface area (Å²) in [4.78, 5) is 25.2. The number of amides is 2. The van der Waals surface area contributed by atoms with Crippen LogP contribution in [0, 0.1) is 0 Å². The Kier molecular flexibility index (Phi) is 4.56. The molecule has 2 aromatic carbocycles. The van der Waals surface area contributed by atoms with Gasteiger partial charge in [-0.15, -0.1) is 0 Å². The molecule has 0 aromatic heterocycles. The summed E-state index contributed by atoms with van der Waals surface area (Å²) in [5, 5.41) is 9.46. The van der Waals surface area contributed by atoms with E-state index in [-0.39, 0.29) is 4.90 Å². The Labute approximate surface area is 150 Å². The molecule has 8 nitrogen and oxygen atoms in total. The summed E-state index contributed by atoms with van der Waals surface area (Å²) in [6.07, 6.45) is 0. The first-order valence-corrected chi connectivity index (χ1v) is 9.08. The van der Waals surface area contributed by atoms with E-state index in [9.17, 15) is 23.1 Å². The fraction of sp³-hybridized carbons (Fsp3) is 0.176. The van der Waals surface area contributed by atoms with Crippen LogP contribution in [0.25, 0.3) is 0 Å². The Bertz CT molecular complexity index is 945. The van der Waals surface area contributed by atoms with Crippen LogP contribution in [0.15, 0.2) is 59.5 Å². The molecule has 0 saturated carbocycles. The van der Waals surface area contributed by atoms with Crippen molar-refractivity contribution in [1.82, 2.24) is 4.31 Å². The molecule has 0 spiro atoms. The van der Waals surface area contributed by atoms with Gasteiger partial charge in [0.15, 0.2) is 6.04 Å². The van der Waals surface area contributed by atoms with Gasteiger partial charge in [-0.05, 0) is 24.3 Å². The predicted molar refractivity (Wildman–Crippen MR) is 92.6 cm³/mol. The van der Waals surface area contributed by atoms with Gasteiger partial charge in [-0.25, -0.2) is 22.3 Å². The quantitative estimate of drug-likeness (QED) is 0.853. The molecule has 2 aromatic rings. The second kappa shape index (κ2) is 6.68. The van der Waals surface area contributed by atoms with Gasteiger partial charge < -0.3 is 9.84 Å². The van der Waals surface area contributed by atoms with Gasteiger partial charge in [-0.1, -0.05) is 24.3 Å². The van der Waals surface area contributed by atoms with Gasteiger partial charge in [-0.3, -0.25) is 4.90 Å². The van der Waals surface area contributed by atoms with Crippen molar-refractivity contribution in [2.45, 2.75) is 10.9 Å². The monoisotopic (exact) mass is 376 g/mol. The van der Waals surface area contributed by atoms with E-state index in [1.807, 2.05) is 0 Å². The Morgan fingerprint density at radius 1 is 1.15 bits per heavy atom. The van der Waals surface area contributed by atoms with Crippen LogP contribution >= 0.6 is 0 Å². The third-order valence-electron chi connectivity index (χ3n) is 4.02. The summed E-state index contributed by atoms with van der Waals surface area (Å²) in [7, 11) is -2.84. The predicted octanol–water partition coefficient (Wildman–Crippen LogP) is 1.78. The van der Waals surface area contributed by atoms with Crippen molar-refractivity contribution in [3.05, 3.63) is 54.6 Å². The minimum Gasteiger partial charge on any atom is -0.497 e. The van der Waals surface area contributed by atoms with Crippen molar-refractivity contribution in [3.63, 3.8) is 0 Å². The zero-order valence-corrected chi connectivity index (χ0v) is 14.6. The van der Waals surface area contributed by atoms with Crippen LogP contribution < -0.4 is 9.64 Å². The molecule has 1 aliphatic heterocycles. The van der Waals surface area contributed by atoms with E-state index in [1.165, 1.54) is 25.3 Å². The highest BCUT2D eigenvalue weighted by atomic mass is 32.2. The summed E-state index contributed by atoms with van der Waals surface area (Å²) in [6.45, 7) is -0.484. The lowest BCUT2D eigenvalue weighted by Crippen LogP contribution is -2.40. The van der Waals surface area contributed by atoms with Crippen LogP contribution in [0.4, 0.5) is 10.5 Å². The number of para-hydroxylation sites is 1. The largest absolute Gasteiger partial charge is 0.497 e.